The number of nitrogens with zero attached hydrogens (tertiary/aromatic N) is 2. The van der Waals surface area contributed by atoms with Crippen molar-refractivity contribution in [2.24, 2.45) is 5.73 Å². The molecule has 0 saturated heterocycles. The summed E-state index contributed by atoms with van der Waals surface area (Å²) in [6, 6.07) is 0. The quantitative estimate of drug-likeness (QED) is 0.741. The van der Waals surface area contributed by atoms with E-state index in [1.54, 1.807) is 7.11 Å². The van der Waals surface area contributed by atoms with Gasteiger partial charge in [0, 0.05) is 13.7 Å². The maximum atomic E-state index is 5.85. The van der Waals surface area contributed by atoms with Crippen molar-refractivity contribution >= 4 is 23.0 Å². The largest absolute Gasteiger partial charge is 0.389 e. The number of ether oxygens (including phenoxy) is 1. The summed E-state index contributed by atoms with van der Waals surface area (Å²) in [6.07, 6.45) is 1.73. The van der Waals surface area contributed by atoms with Gasteiger partial charge in [0.05, 0.1) is 17.4 Å². The number of hydrogen-bond donors (Lipinski definition) is 2. The van der Waals surface area contributed by atoms with E-state index in [0.717, 1.165) is 29.7 Å². The molecule has 1 atom stereocenters. The molecule has 0 aliphatic heterocycles. The van der Waals surface area contributed by atoms with Gasteiger partial charge in [-0.15, -0.1) is 5.10 Å². The summed E-state index contributed by atoms with van der Waals surface area (Å²) in [5, 5.41) is 11.7. The van der Waals surface area contributed by atoms with E-state index in [1.165, 1.54) is 0 Å². The number of aromatic nitrogens is 2. The third-order valence-corrected chi connectivity index (χ3v) is 3.26. The lowest BCUT2D eigenvalue weighted by Crippen LogP contribution is -2.24. The zero-order chi connectivity index (χ0) is 14.4. The summed E-state index contributed by atoms with van der Waals surface area (Å²) in [7, 11) is 1.67. The fourth-order valence-corrected chi connectivity index (χ4v) is 2.11. The van der Waals surface area contributed by atoms with Crippen molar-refractivity contribution in [3.8, 4) is 0 Å². The number of anilines is 1. The number of methoxy groups -OCH3 is 1. The van der Waals surface area contributed by atoms with Gasteiger partial charge in [0.1, 0.15) is 4.99 Å². The van der Waals surface area contributed by atoms with Crippen molar-refractivity contribution in [3.05, 3.63) is 16.8 Å². The highest BCUT2D eigenvalue weighted by Crippen LogP contribution is 2.20. The van der Waals surface area contributed by atoms with Crippen LogP contribution in [0.15, 0.2) is 0 Å². The zero-order valence-corrected chi connectivity index (χ0v) is 12.8. The molecular weight excluding hydrogens is 260 g/mol. The van der Waals surface area contributed by atoms with Crippen LogP contribution in [-0.4, -0.2) is 34.9 Å². The van der Waals surface area contributed by atoms with E-state index >= 15 is 0 Å². The van der Waals surface area contributed by atoms with Crippen molar-refractivity contribution in [2.75, 3.05) is 19.0 Å². The van der Waals surface area contributed by atoms with Gasteiger partial charge in [-0.1, -0.05) is 26.1 Å². The number of hydrogen-bond acceptors (Lipinski definition) is 5. The van der Waals surface area contributed by atoms with Crippen molar-refractivity contribution in [1.29, 1.82) is 0 Å². The normalized spacial score (nSPS) is 12.2. The van der Waals surface area contributed by atoms with Crippen LogP contribution in [0.4, 0.5) is 5.82 Å². The molecule has 0 aliphatic carbocycles. The number of thiocarbonyl (C=S) groups is 1. The smallest absolute Gasteiger partial charge is 0.159 e. The molecule has 0 amide bonds. The summed E-state index contributed by atoms with van der Waals surface area (Å²) < 4.78 is 5.20. The van der Waals surface area contributed by atoms with Crippen molar-refractivity contribution in [3.63, 3.8) is 0 Å². The SMILES string of the molecule is CCc1nnc(NCC(C)OC)c(C(N)=S)c1CC. The Labute approximate surface area is 119 Å². The molecular formula is C13H22N4OS. The highest BCUT2D eigenvalue weighted by molar-refractivity contribution is 7.80. The molecule has 0 spiro atoms. The molecule has 1 heterocycles. The Balaban J connectivity index is 3.13. The summed E-state index contributed by atoms with van der Waals surface area (Å²) in [5.41, 5.74) is 8.69. The second kappa shape index (κ2) is 7.35. The number of nitrogens with two attached hydrogens (primary N) is 1. The highest BCUT2D eigenvalue weighted by atomic mass is 32.1. The molecule has 1 rings (SSSR count). The molecule has 0 saturated carbocycles. The van der Waals surface area contributed by atoms with Gasteiger partial charge in [-0.25, -0.2) is 0 Å². The molecule has 5 nitrogen and oxygen atoms in total. The van der Waals surface area contributed by atoms with Gasteiger partial charge >= 0.3 is 0 Å². The van der Waals surface area contributed by atoms with E-state index in [9.17, 15) is 0 Å². The fourth-order valence-electron chi connectivity index (χ4n) is 1.89. The Hall–Kier alpha value is -1.27. The van der Waals surface area contributed by atoms with Crippen LogP contribution in [0.5, 0.6) is 0 Å². The molecule has 0 bridgehead atoms. The molecule has 3 N–H and O–H groups in total. The van der Waals surface area contributed by atoms with Crippen LogP contribution < -0.4 is 11.1 Å². The molecule has 0 radical (unpaired) electrons. The lowest BCUT2D eigenvalue weighted by Gasteiger charge is -2.17. The van der Waals surface area contributed by atoms with Gasteiger partial charge in [-0.3, -0.25) is 0 Å². The van der Waals surface area contributed by atoms with Crippen molar-refractivity contribution in [1.82, 2.24) is 10.2 Å². The maximum Gasteiger partial charge on any atom is 0.159 e. The van der Waals surface area contributed by atoms with Gasteiger partial charge in [0.25, 0.3) is 0 Å². The first-order valence-electron chi connectivity index (χ1n) is 6.49. The fraction of sp³-hybridized carbons (Fsp3) is 0.615. The molecule has 1 aromatic heterocycles. The molecule has 1 unspecified atom stereocenters. The molecule has 0 fully saturated rings. The second-order valence-electron chi connectivity index (χ2n) is 4.35. The number of aryl methyl sites for hydroxylation is 1. The monoisotopic (exact) mass is 282 g/mol. The van der Waals surface area contributed by atoms with E-state index in [4.69, 9.17) is 22.7 Å². The predicted octanol–water partition coefficient (Wildman–Crippen LogP) is 1.68. The molecule has 106 valence electrons. The predicted molar refractivity (Wildman–Crippen MR) is 81.6 cm³/mol. The average molecular weight is 282 g/mol. The Morgan fingerprint density at radius 3 is 2.53 bits per heavy atom. The Morgan fingerprint density at radius 1 is 1.37 bits per heavy atom. The summed E-state index contributed by atoms with van der Waals surface area (Å²) >= 11 is 5.16. The standard InChI is InChI=1S/C13H22N4OS/c1-5-9-10(6-2)16-17-13(11(9)12(14)19)15-7-8(3)18-4/h8H,5-7H2,1-4H3,(H2,14,19)(H,15,17). The minimum atomic E-state index is 0.0805. The van der Waals surface area contributed by atoms with E-state index in [-0.39, 0.29) is 6.10 Å². The van der Waals surface area contributed by atoms with Crippen LogP contribution in [0.3, 0.4) is 0 Å². The van der Waals surface area contributed by atoms with Crippen molar-refractivity contribution in [2.45, 2.75) is 39.7 Å². The third-order valence-electron chi connectivity index (χ3n) is 3.05. The molecule has 6 heteroatoms. The first kappa shape index (κ1) is 15.8. The molecule has 1 aromatic rings. The first-order chi connectivity index (χ1) is 9.04. The number of nitrogens with one attached hydrogen (secondary N) is 1. The topological polar surface area (TPSA) is 73.1 Å². The lowest BCUT2D eigenvalue weighted by molar-refractivity contribution is 0.128. The lowest BCUT2D eigenvalue weighted by atomic mass is 10.0. The first-order valence-corrected chi connectivity index (χ1v) is 6.90. The molecule has 0 aliphatic rings. The van der Waals surface area contributed by atoms with Crippen LogP contribution in [0, 0.1) is 0 Å². The minimum absolute atomic E-state index is 0.0805. The van der Waals surface area contributed by atoms with Crippen LogP contribution in [0.1, 0.15) is 37.6 Å². The van der Waals surface area contributed by atoms with Crippen LogP contribution >= 0.6 is 12.2 Å². The van der Waals surface area contributed by atoms with Crippen LogP contribution in [0.25, 0.3) is 0 Å². The van der Waals surface area contributed by atoms with Gasteiger partial charge in [-0.05, 0) is 25.3 Å². The van der Waals surface area contributed by atoms with Crippen molar-refractivity contribution < 1.29 is 4.74 Å². The molecule has 19 heavy (non-hydrogen) atoms. The minimum Gasteiger partial charge on any atom is -0.389 e. The second-order valence-corrected chi connectivity index (χ2v) is 4.79. The van der Waals surface area contributed by atoms with Crippen LogP contribution in [0.2, 0.25) is 0 Å². The summed E-state index contributed by atoms with van der Waals surface area (Å²) in [6.45, 7) is 6.73. The van der Waals surface area contributed by atoms with Gasteiger partial charge in [-0.2, -0.15) is 5.10 Å². The van der Waals surface area contributed by atoms with Gasteiger partial charge < -0.3 is 15.8 Å². The van der Waals surface area contributed by atoms with E-state index in [1.807, 2.05) is 13.8 Å². The third kappa shape index (κ3) is 3.84. The van der Waals surface area contributed by atoms with Crippen LogP contribution in [-0.2, 0) is 17.6 Å². The average Bonchev–Trinajstić information content (AvgIpc) is 2.42. The summed E-state index contributed by atoms with van der Waals surface area (Å²) in [5.74, 6) is 0.644. The molecule has 0 aromatic carbocycles. The Kier molecular flexibility index (Phi) is 6.11. The van der Waals surface area contributed by atoms with Gasteiger partial charge in [0.2, 0.25) is 0 Å². The highest BCUT2D eigenvalue weighted by Gasteiger charge is 2.16. The zero-order valence-electron chi connectivity index (χ0n) is 12.0. The van der Waals surface area contributed by atoms with E-state index < -0.39 is 0 Å². The van der Waals surface area contributed by atoms with Gasteiger partial charge in [0.15, 0.2) is 5.82 Å². The van der Waals surface area contributed by atoms with E-state index in [2.05, 4.69) is 22.4 Å². The maximum absolute atomic E-state index is 5.85. The van der Waals surface area contributed by atoms with E-state index in [0.29, 0.717) is 17.4 Å². The Bertz CT molecular complexity index is 451. The summed E-state index contributed by atoms with van der Waals surface area (Å²) in [4.78, 5) is 0.356. The Morgan fingerprint density at radius 2 is 2.05 bits per heavy atom. The number of rotatable bonds is 7.